The Morgan fingerprint density at radius 2 is 2.06 bits per heavy atom. The maximum atomic E-state index is 13.2. The number of phenols is 1. The summed E-state index contributed by atoms with van der Waals surface area (Å²) in [6.07, 6.45) is 3.32. The van der Waals surface area contributed by atoms with E-state index in [1.54, 1.807) is 36.2 Å². The van der Waals surface area contributed by atoms with E-state index in [0.717, 1.165) is 28.7 Å². The average Bonchev–Trinajstić information content (AvgIpc) is 3.52. The van der Waals surface area contributed by atoms with Crippen LogP contribution in [0.2, 0.25) is 0 Å². The summed E-state index contributed by atoms with van der Waals surface area (Å²) in [4.78, 5) is 28.4. The van der Waals surface area contributed by atoms with Gasteiger partial charge in [0, 0.05) is 36.4 Å². The van der Waals surface area contributed by atoms with E-state index in [2.05, 4.69) is 10.2 Å². The van der Waals surface area contributed by atoms with Crippen molar-refractivity contribution in [2.75, 3.05) is 36.6 Å². The number of carbonyl (C=O) groups is 2. The van der Waals surface area contributed by atoms with Crippen LogP contribution in [0.1, 0.15) is 28.9 Å². The molecule has 2 aromatic carbocycles. The van der Waals surface area contributed by atoms with E-state index in [-0.39, 0.29) is 29.7 Å². The van der Waals surface area contributed by atoms with Gasteiger partial charge in [0.1, 0.15) is 12.4 Å². The molecule has 2 heterocycles. The number of ether oxygens (including phenoxy) is 1. The lowest BCUT2D eigenvalue weighted by Crippen LogP contribution is -2.41. The Bertz CT molecular complexity index is 1150. The van der Waals surface area contributed by atoms with Crippen molar-refractivity contribution in [1.82, 2.24) is 10.2 Å². The highest BCUT2D eigenvalue weighted by molar-refractivity contribution is 6.09. The highest BCUT2D eigenvalue weighted by Gasteiger charge is 2.26. The van der Waals surface area contributed by atoms with Crippen LogP contribution in [0.15, 0.2) is 36.4 Å². The number of nitrogens with one attached hydrogen (secondary N) is 1. The number of anilines is 2. The fourth-order valence-electron chi connectivity index (χ4n) is 3.97. The Hall–Kier alpha value is -3.39. The molecule has 8 nitrogen and oxygen atoms in total. The fraction of sp³-hybridized carbons (Fsp3) is 0.348. The minimum atomic E-state index is -0.312. The normalized spacial score (nSPS) is 16.7. The zero-order valence-electron chi connectivity index (χ0n) is 17.3. The number of hydrogen-bond acceptors (Lipinski definition) is 5. The van der Waals surface area contributed by atoms with E-state index in [1.807, 2.05) is 12.1 Å². The molecule has 1 saturated heterocycles. The van der Waals surface area contributed by atoms with Crippen LogP contribution < -0.4 is 9.80 Å². The number of aromatic amines is 1. The predicted molar refractivity (Wildman–Crippen MR) is 117 cm³/mol. The monoisotopic (exact) mass is 420 g/mol. The molecule has 2 amide bonds. The summed E-state index contributed by atoms with van der Waals surface area (Å²) in [6, 6.07) is 10.5. The fourth-order valence-corrected chi connectivity index (χ4v) is 3.97. The van der Waals surface area contributed by atoms with Crippen LogP contribution >= 0.6 is 0 Å². The third-order valence-corrected chi connectivity index (χ3v) is 6.01. The second-order valence-electron chi connectivity index (χ2n) is 8.21. The Balaban J connectivity index is 1.39. The van der Waals surface area contributed by atoms with Crippen LogP contribution in [-0.4, -0.2) is 53.9 Å². The van der Waals surface area contributed by atoms with Crippen LogP contribution in [0.3, 0.4) is 0 Å². The summed E-state index contributed by atoms with van der Waals surface area (Å²) in [5.41, 5.74) is 3.34. The lowest BCUT2D eigenvalue weighted by atomic mass is 10.1. The van der Waals surface area contributed by atoms with Gasteiger partial charge in [-0.15, -0.1) is 0 Å². The van der Waals surface area contributed by atoms with Gasteiger partial charge < -0.3 is 19.6 Å². The number of phenolic OH excluding ortho intramolecular Hbond substituents is 1. The lowest BCUT2D eigenvalue weighted by Gasteiger charge is -2.27. The van der Waals surface area contributed by atoms with Crippen LogP contribution in [0.5, 0.6) is 5.75 Å². The van der Waals surface area contributed by atoms with Crippen molar-refractivity contribution in [3.8, 4) is 5.75 Å². The van der Waals surface area contributed by atoms with Crippen molar-refractivity contribution < 1.29 is 19.4 Å². The van der Waals surface area contributed by atoms with Crippen LogP contribution in [0, 0.1) is 5.92 Å². The van der Waals surface area contributed by atoms with Gasteiger partial charge >= 0.3 is 0 Å². The van der Waals surface area contributed by atoms with Gasteiger partial charge in [0.25, 0.3) is 11.8 Å². The maximum absolute atomic E-state index is 13.2. The topological polar surface area (TPSA) is 98.8 Å². The van der Waals surface area contributed by atoms with Crippen LogP contribution in [0.4, 0.5) is 11.4 Å². The molecule has 0 unspecified atom stereocenters. The van der Waals surface area contributed by atoms with E-state index < -0.39 is 0 Å². The molecule has 160 valence electrons. The molecule has 2 aliphatic rings. The zero-order valence-corrected chi connectivity index (χ0v) is 17.3. The second-order valence-corrected chi connectivity index (χ2v) is 8.21. The molecule has 0 atom stereocenters. The first-order chi connectivity index (χ1) is 15.0. The molecule has 1 aliphatic heterocycles. The molecular formula is C23H24N4O4. The number of carbonyl (C=O) groups excluding carboxylic acids is 2. The number of morpholine rings is 1. The number of benzene rings is 2. The summed E-state index contributed by atoms with van der Waals surface area (Å²) in [6.45, 7) is 1.09. The van der Waals surface area contributed by atoms with Gasteiger partial charge in [-0.3, -0.25) is 14.7 Å². The minimum Gasteiger partial charge on any atom is -0.507 e. The van der Waals surface area contributed by atoms with Crippen molar-refractivity contribution >= 4 is 34.1 Å². The minimum absolute atomic E-state index is 0.0798. The Kier molecular flexibility index (Phi) is 4.86. The molecule has 0 radical (unpaired) electrons. The first kappa shape index (κ1) is 19.6. The molecule has 1 saturated carbocycles. The number of fused-ring (bicyclic) bond motifs is 1. The van der Waals surface area contributed by atoms with Crippen molar-refractivity contribution in [2.45, 2.75) is 19.3 Å². The molecule has 2 N–H and O–H groups in total. The predicted octanol–water partition coefficient (Wildman–Crippen LogP) is 2.86. The van der Waals surface area contributed by atoms with Crippen molar-refractivity contribution in [2.24, 2.45) is 5.92 Å². The Morgan fingerprint density at radius 3 is 2.77 bits per heavy atom. The summed E-state index contributed by atoms with van der Waals surface area (Å²) in [5.74, 6) is 0.192. The molecule has 1 aromatic heterocycles. The molecule has 31 heavy (non-hydrogen) atoms. The highest BCUT2D eigenvalue weighted by Crippen LogP contribution is 2.35. The molecule has 3 aromatic rings. The van der Waals surface area contributed by atoms with Gasteiger partial charge in [-0.2, -0.15) is 5.10 Å². The first-order valence-corrected chi connectivity index (χ1v) is 10.5. The van der Waals surface area contributed by atoms with Gasteiger partial charge in [-0.05, 0) is 55.5 Å². The highest BCUT2D eigenvalue weighted by atomic mass is 16.5. The molecular weight excluding hydrogens is 396 g/mol. The van der Waals surface area contributed by atoms with Gasteiger partial charge in [-0.25, -0.2) is 0 Å². The largest absolute Gasteiger partial charge is 0.507 e. The molecule has 0 spiro atoms. The Morgan fingerprint density at radius 1 is 1.29 bits per heavy atom. The van der Waals surface area contributed by atoms with Crippen molar-refractivity contribution in [3.63, 3.8) is 0 Å². The third kappa shape index (κ3) is 3.74. The number of amides is 2. The smallest absolute Gasteiger partial charge is 0.261 e. The van der Waals surface area contributed by atoms with Crippen LogP contribution in [-0.2, 0) is 16.0 Å². The summed E-state index contributed by atoms with van der Waals surface area (Å²) < 4.78 is 5.17. The summed E-state index contributed by atoms with van der Waals surface area (Å²) in [7, 11) is 1.67. The SMILES string of the molecule is CN(C(=O)c1cc2c(CC3CC3)n[nH]c2cc1O)c1ccc(N2CCOCC2=O)cc1. The zero-order chi connectivity index (χ0) is 21.5. The number of rotatable bonds is 5. The van der Waals surface area contributed by atoms with E-state index in [1.165, 1.54) is 17.7 Å². The van der Waals surface area contributed by atoms with E-state index in [4.69, 9.17) is 4.74 Å². The molecule has 1 aliphatic carbocycles. The first-order valence-electron chi connectivity index (χ1n) is 10.5. The van der Waals surface area contributed by atoms with Gasteiger partial charge in [0.15, 0.2) is 0 Å². The summed E-state index contributed by atoms with van der Waals surface area (Å²) in [5, 5.41) is 18.7. The maximum Gasteiger partial charge on any atom is 0.261 e. The van der Waals surface area contributed by atoms with Gasteiger partial charge in [-0.1, -0.05) is 0 Å². The number of aromatic nitrogens is 2. The Labute approximate surface area is 179 Å². The molecule has 8 heteroatoms. The van der Waals surface area contributed by atoms with Gasteiger partial charge in [0.2, 0.25) is 0 Å². The molecule has 5 rings (SSSR count). The number of hydrogen-bond donors (Lipinski definition) is 2. The molecule has 0 bridgehead atoms. The standard InChI is InChI=1S/C23H24N4O4/c1-26(15-4-6-16(7-5-15)27-8-9-31-13-22(27)29)23(30)18-11-17-19(10-14-2-3-14)24-25-20(17)12-21(18)28/h4-7,11-12,14,28H,2-3,8-10,13H2,1H3,(H,24,25). The van der Waals surface area contributed by atoms with E-state index in [0.29, 0.717) is 24.8 Å². The van der Waals surface area contributed by atoms with E-state index in [9.17, 15) is 14.7 Å². The number of nitrogens with zero attached hydrogens (tertiary/aromatic N) is 3. The average molecular weight is 420 g/mol. The van der Waals surface area contributed by atoms with E-state index >= 15 is 0 Å². The number of aromatic hydroxyl groups is 1. The summed E-state index contributed by atoms with van der Waals surface area (Å²) >= 11 is 0. The van der Waals surface area contributed by atoms with Crippen LogP contribution in [0.25, 0.3) is 10.9 Å². The van der Waals surface area contributed by atoms with Crippen molar-refractivity contribution in [1.29, 1.82) is 0 Å². The van der Waals surface area contributed by atoms with Gasteiger partial charge in [0.05, 0.1) is 23.4 Å². The lowest BCUT2D eigenvalue weighted by molar-refractivity contribution is -0.125. The third-order valence-electron chi connectivity index (χ3n) is 6.01. The quantitative estimate of drug-likeness (QED) is 0.661. The second kappa shape index (κ2) is 7.70. The van der Waals surface area contributed by atoms with Crippen molar-refractivity contribution in [3.05, 3.63) is 47.7 Å². The molecule has 2 fully saturated rings. The number of H-pyrrole nitrogens is 1.